The summed E-state index contributed by atoms with van der Waals surface area (Å²) >= 11 is 5.68. The summed E-state index contributed by atoms with van der Waals surface area (Å²) < 4.78 is 13.0. The molecule has 96 valence electrons. The summed E-state index contributed by atoms with van der Waals surface area (Å²) in [6, 6.07) is 4.39. The fourth-order valence-corrected chi connectivity index (χ4v) is 1.52. The van der Waals surface area contributed by atoms with Gasteiger partial charge in [0, 0.05) is 12.6 Å². The lowest BCUT2D eigenvalue weighted by Gasteiger charge is -2.24. The van der Waals surface area contributed by atoms with Crippen molar-refractivity contribution in [2.45, 2.75) is 25.5 Å². The summed E-state index contributed by atoms with van der Waals surface area (Å²) in [4.78, 5) is 0. The van der Waals surface area contributed by atoms with Gasteiger partial charge in [0.25, 0.3) is 0 Å². The summed E-state index contributed by atoms with van der Waals surface area (Å²) in [6.45, 7) is 3.32. The minimum Gasteiger partial charge on any atom is -0.393 e. The summed E-state index contributed by atoms with van der Waals surface area (Å²) in [5.41, 5.74) is -0.344. The van der Waals surface area contributed by atoms with Gasteiger partial charge in [-0.3, -0.25) is 0 Å². The van der Waals surface area contributed by atoms with Crippen LogP contribution in [0.3, 0.4) is 0 Å². The van der Waals surface area contributed by atoms with Crippen molar-refractivity contribution in [3.63, 3.8) is 0 Å². The Morgan fingerprint density at radius 1 is 1.53 bits per heavy atom. The van der Waals surface area contributed by atoms with Crippen molar-refractivity contribution >= 4 is 11.6 Å². The monoisotopic (exact) mass is 261 g/mol. The molecule has 1 aromatic rings. The molecule has 17 heavy (non-hydrogen) atoms. The van der Waals surface area contributed by atoms with Crippen molar-refractivity contribution in [3.05, 3.63) is 34.6 Å². The van der Waals surface area contributed by atoms with Gasteiger partial charge in [-0.05, 0) is 31.5 Å². The van der Waals surface area contributed by atoms with Gasteiger partial charge >= 0.3 is 0 Å². The predicted molar refractivity (Wildman–Crippen MR) is 65.5 cm³/mol. The molecule has 3 nitrogen and oxygen atoms in total. The zero-order valence-corrected chi connectivity index (χ0v) is 10.6. The van der Waals surface area contributed by atoms with Crippen molar-refractivity contribution in [1.82, 2.24) is 5.32 Å². The Balaban J connectivity index is 2.64. The second kappa shape index (κ2) is 5.78. The second-order valence-electron chi connectivity index (χ2n) is 4.43. The van der Waals surface area contributed by atoms with E-state index in [1.54, 1.807) is 12.1 Å². The van der Waals surface area contributed by atoms with Gasteiger partial charge < -0.3 is 15.5 Å². The fraction of sp³-hybridized carbons (Fsp3) is 0.500. The number of aliphatic hydroxyl groups is 2. The molecule has 0 aliphatic carbocycles. The zero-order chi connectivity index (χ0) is 13.1. The summed E-state index contributed by atoms with van der Waals surface area (Å²) in [7, 11) is 0. The Labute approximate surface area is 105 Å². The smallest absolute Gasteiger partial charge is 0.141 e. The number of hydrogen-bond donors (Lipinski definition) is 3. The molecule has 0 bridgehead atoms. The molecule has 0 aliphatic heterocycles. The molecule has 0 heterocycles. The van der Waals surface area contributed by atoms with Crippen LogP contribution in [-0.2, 0) is 0 Å². The van der Waals surface area contributed by atoms with E-state index in [0.29, 0.717) is 0 Å². The van der Waals surface area contributed by atoms with Crippen LogP contribution in [0.2, 0.25) is 5.02 Å². The first-order valence-corrected chi connectivity index (χ1v) is 5.75. The van der Waals surface area contributed by atoms with Crippen LogP contribution in [0.25, 0.3) is 0 Å². The maximum atomic E-state index is 13.0. The number of halogens is 2. The van der Waals surface area contributed by atoms with Gasteiger partial charge in [0.1, 0.15) is 5.82 Å². The molecule has 2 atom stereocenters. The molecule has 0 aromatic heterocycles. The van der Waals surface area contributed by atoms with Gasteiger partial charge in [0.15, 0.2) is 0 Å². The molecular weight excluding hydrogens is 245 g/mol. The molecule has 0 saturated heterocycles. The van der Waals surface area contributed by atoms with E-state index in [1.807, 2.05) is 6.92 Å². The third-order valence-corrected chi connectivity index (χ3v) is 2.86. The maximum absolute atomic E-state index is 13.0. The Morgan fingerprint density at radius 2 is 2.18 bits per heavy atom. The van der Waals surface area contributed by atoms with Gasteiger partial charge in [0.05, 0.1) is 17.2 Å². The average Bonchev–Trinajstić information content (AvgIpc) is 2.30. The van der Waals surface area contributed by atoms with E-state index in [1.165, 1.54) is 13.0 Å². The first-order chi connectivity index (χ1) is 7.85. The number of nitrogens with one attached hydrogen (secondary N) is 1. The third kappa shape index (κ3) is 4.24. The SMILES string of the molecule is CC(NCC(C)(O)CO)c1ccc(F)c(Cl)c1. The highest BCUT2D eigenvalue weighted by atomic mass is 35.5. The Hall–Kier alpha value is -0.680. The topological polar surface area (TPSA) is 52.5 Å². The minimum absolute atomic E-state index is 0.0741. The summed E-state index contributed by atoms with van der Waals surface area (Å²) in [5.74, 6) is -0.454. The van der Waals surface area contributed by atoms with Crippen molar-refractivity contribution in [2.75, 3.05) is 13.2 Å². The first kappa shape index (κ1) is 14.4. The lowest BCUT2D eigenvalue weighted by Crippen LogP contribution is -2.41. The number of hydrogen-bond acceptors (Lipinski definition) is 3. The molecule has 2 unspecified atom stereocenters. The Morgan fingerprint density at radius 3 is 2.71 bits per heavy atom. The predicted octanol–water partition coefficient (Wildman–Crippen LogP) is 1.87. The van der Waals surface area contributed by atoms with E-state index in [2.05, 4.69) is 5.32 Å². The molecule has 0 spiro atoms. The highest BCUT2D eigenvalue weighted by molar-refractivity contribution is 6.30. The summed E-state index contributed by atoms with van der Waals surface area (Å²) in [5, 5.41) is 21.6. The number of benzene rings is 1. The van der Waals surface area contributed by atoms with E-state index < -0.39 is 11.4 Å². The third-order valence-electron chi connectivity index (χ3n) is 2.57. The quantitative estimate of drug-likeness (QED) is 0.759. The number of aliphatic hydroxyl groups excluding tert-OH is 1. The highest BCUT2D eigenvalue weighted by Gasteiger charge is 2.20. The van der Waals surface area contributed by atoms with E-state index >= 15 is 0 Å². The van der Waals surface area contributed by atoms with E-state index in [9.17, 15) is 9.50 Å². The van der Waals surface area contributed by atoms with Crippen LogP contribution >= 0.6 is 11.6 Å². The molecule has 0 saturated carbocycles. The van der Waals surface area contributed by atoms with Crippen LogP contribution in [0.5, 0.6) is 0 Å². The van der Waals surface area contributed by atoms with Gasteiger partial charge in [-0.25, -0.2) is 4.39 Å². The Bertz CT molecular complexity index is 385. The van der Waals surface area contributed by atoms with Crippen LogP contribution in [-0.4, -0.2) is 29.0 Å². The molecule has 5 heteroatoms. The van der Waals surface area contributed by atoms with Gasteiger partial charge in [0.2, 0.25) is 0 Å². The van der Waals surface area contributed by atoms with Crippen LogP contribution in [0, 0.1) is 5.82 Å². The maximum Gasteiger partial charge on any atom is 0.141 e. The van der Waals surface area contributed by atoms with Crippen molar-refractivity contribution in [1.29, 1.82) is 0 Å². The molecule has 0 radical (unpaired) electrons. The Kier molecular flexibility index (Phi) is 4.89. The molecule has 1 aromatic carbocycles. The molecule has 3 N–H and O–H groups in total. The molecular formula is C12H17ClFNO2. The van der Waals surface area contributed by atoms with Gasteiger partial charge in [-0.2, -0.15) is 0 Å². The average molecular weight is 262 g/mol. The normalized spacial score (nSPS) is 16.6. The fourth-order valence-electron chi connectivity index (χ4n) is 1.33. The van der Waals surface area contributed by atoms with E-state index in [-0.39, 0.29) is 24.2 Å². The van der Waals surface area contributed by atoms with Crippen molar-refractivity contribution < 1.29 is 14.6 Å². The van der Waals surface area contributed by atoms with E-state index in [0.717, 1.165) is 5.56 Å². The molecule has 0 amide bonds. The van der Waals surface area contributed by atoms with Crippen molar-refractivity contribution in [2.24, 2.45) is 0 Å². The molecule has 1 rings (SSSR count). The lowest BCUT2D eigenvalue weighted by atomic mass is 10.1. The van der Waals surface area contributed by atoms with E-state index in [4.69, 9.17) is 16.7 Å². The number of rotatable bonds is 5. The van der Waals surface area contributed by atoms with Crippen molar-refractivity contribution in [3.8, 4) is 0 Å². The van der Waals surface area contributed by atoms with Gasteiger partial charge in [-0.1, -0.05) is 17.7 Å². The largest absolute Gasteiger partial charge is 0.393 e. The van der Waals surface area contributed by atoms with Crippen LogP contribution < -0.4 is 5.32 Å². The molecule has 0 fully saturated rings. The zero-order valence-electron chi connectivity index (χ0n) is 9.87. The van der Waals surface area contributed by atoms with Crippen LogP contribution in [0.1, 0.15) is 25.5 Å². The summed E-state index contributed by atoms with van der Waals surface area (Å²) in [6.07, 6.45) is 0. The lowest BCUT2D eigenvalue weighted by molar-refractivity contribution is 0.00106. The highest BCUT2D eigenvalue weighted by Crippen LogP contribution is 2.20. The van der Waals surface area contributed by atoms with Crippen LogP contribution in [0.15, 0.2) is 18.2 Å². The standard InChI is InChI=1S/C12H17ClFNO2/c1-8(15-6-12(2,17)7-16)9-3-4-11(14)10(13)5-9/h3-5,8,15-17H,6-7H2,1-2H3. The molecule has 0 aliphatic rings. The minimum atomic E-state index is -1.17. The van der Waals surface area contributed by atoms with Crippen LogP contribution in [0.4, 0.5) is 4.39 Å². The van der Waals surface area contributed by atoms with Gasteiger partial charge in [-0.15, -0.1) is 0 Å². The first-order valence-electron chi connectivity index (χ1n) is 5.37. The second-order valence-corrected chi connectivity index (χ2v) is 4.84.